The van der Waals surface area contributed by atoms with E-state index in [-0.39, 0.29) is 5.91 Å². The van der Waals surface area contributed by atoms with E-state index in [2.05, 4.69) is 33.5 Å². The molecular weight excluding hydrogens is 276 g/mol. The first-order valence-corrected chi connectivity index (χ1v) is 8.29. The molecule has 2 N–H and O–H groups in total. The first-order valence-electron chi connectivity index (χ1n) is 8.29. The second-order valence-electron chi connectivity index (χ2n) is 6.26. The highest BCUT2D eigenvalue weighted by Gasteiger charge is 2.18. The summed E-state index contributed by atoms with van der Waals surface area (Å²) in [5, 5.41) is 6.46. The number of hydrogen-bond donors (Lipinski definition) is 2. The second kappa shape index (κ2) is 7.11. The van der Waals surface area contributed by atoms with E-state index < -0.39 is 0 Å². The molecule has 5 nitrogen and oxygen atoms in total. The number of fused-ring (bicyclic) bond motifs is 1. The van der Waals surface area contributed by atoms with Crippen LogP contribution in [-0.2, 0) is 6.42 Å². The van der Waals surface area contributed by atoms with Gasteiger partial charge in [-0.25, -0.2) is 0 Å². The summed E-state index contributed by atoms with van der Waals surface area (Å²) in [5.74, 6) is 0.0645. The first-order chi connectivity index (χ1) is 10.7. The minimum atomic E-state index is 0.0645. The lowest BCUT2D eigenvalue weighted by Crippen LogP contribution is -2.47. The zero-order valence-corrected chi connectivity index (χ0v) is 13.4. The lowest BCUT2D eigenvalue weighted by atomic mass is 9.97. The highest BCUT2D eigenvalue weighted by Crippen LogP contribution is 2.25. The Labute approximate surface area is 132 Å². The van der Waals surface area contributed by atoms with E-state index in [0.717, 1.165) is 69.9 Å². The molecule has 0 spiro atoms. The van der Waals surface area contributed by atoms with Crippen LogP contribution in [0.5, 0.6) is 0 Å². The molecule has 1 aromatic rings. The van der Waals surface area contributed by atoms with Crippen molar-refractivity contribution in [2.45, 2.75) is 12.8 Å². The Hall–Kier alpha value is -1.59. The van der Waals surface area contributed by atoms with Gasteiger partial charge in [0, 0.05) is 57.1 Å². The number of carbonyl (C=O) groups is 1. The smallest absolute Gasteiger partial charge is 0.251 e. The molecule has 1 aromatic carbocycles. The molecule has 0 atom stereocenters. The number of carbonyl (C=O) groups excluding carboxylic acids is 1. The van der Waals surface area contributed by atoms with Crippen molar-refractivity contribution in [1.82, 2.24) is 15.1 Å². The molecule has 0 radical (unpaired) electrons. The third-order valence-electron chi connectivity index (χ3n) is 4.65. The number of nitrogens with zero attached hydrogens (tertiary/aromatic N) is 2. The van der Waals surface area contributed by atoms with Crippen molar-refractivity contribution in [3.8, 4) is 0 Å². The van der Waals surface area contributed by atoms with Crippen LogP contribution in [-0.4, -0.2) is 68.6 Å². The predicted octanol–water partition coefficient (Wildman–Crippen LogP) is 1.02. The van der Waals surface area contributed by atoms with Crippen molar-refractivity contribution >= 4 is 11.6 Å². The molecule has 2 aliphatic heterocycles. The van der Waals surface area contributed by atoms with Crippen LogP contribution in [0.3, 0.4) is 0 Å². The molecule has 0 unspecified atom stereocenters. The number of likely N-dealkylation sites (N-methyl/N-ethyl adjacent to an activating group) is 1. The lowest BCUT2D eigenvalue weighted by molar-refractivity contribution is 0.0940. The molecule has 2 heterocycles. The van der Waals surface area contributed by atoms with Crippen LogP contribution in [0.25, 0.3) is 0 Å². The van der Waals surface area contributed by atoms with Crippen LogP contribution >= 0.6 is 0 Å². The standard InChI is InChI=1S/C17H26N4O/c1-20-10-12-21(13-11-20)9-8-19-17(22)15-4-2-6-16-14(15)5-3-7-18-16/h2,4,6,18H,3,5,7-13H2,1H3,(H,19,22). The summed E-state index contributed by atoms with van der Waals surface area (Å²) < 4.78 is 0. The van der Waals surface area contributed by atoms with E-state index in [1.165, 1.54) is 5.56 Å². The maximum Gasteiger partial charge on any atom is 0.251 e. The van der Waals surface area contributed by atoms with Crippen molar-refractivity contribution in [1.29, 1.82) is 0 Å². The first kappa shape index (κ1) is 15.3. The van der Waals surface area contributed by atoms with Gasteiger partial charge in [-0.2, -0.15) is 0 Å². The largest absolute Gasteiger partial charge is 0.385 e. The zero-order chi connectivity index (χ0) is 15.4. The average molecular weight is 302 g/mol. The minimum Gasteiger partial charge on any atom is -0.385 e. The quantitative estimate of drug-likeness (QED) is 0.872. The summed E-state index contributed by atoms with van der Waals surface area (Å²) in [6.45, 7) is 7.08. The SMILES string of the molecule is CN1CCN(CCNC(=O)c2cccc3c2CCCN3)CC1. The highest BCUT2D eigenvalue weighted by atomic mass is 16.1. The molecule has 0 bridgehead atoms. The summed E-state index contributed by atoms with van der Waals surface area (Å²) in [6, 6.07) is 5.97. The normalized spacial score (nSPS) is 19.3. The van der Waals surface area contributed by atoms with Gasteiger partial charge in [0.05, 0.1) is 0 Å². The van der Waals surface area contributed by atoms with Crippen molar-refractivity contribution in [3.05, 3.63) is 29.3 Å². The average Bonchev–Trinajstić information content (AvgIpc) is 2.56. The van der Waals surface area contributed by atoms with Gasteiger partial charge in [0.1, 0.15) is 0 Å². The Morgan fingerprint density at radius 1 is 1.27 bits per heavy atom. The van der Waals surface area contributed by atoms with E-state index in [0.29, 0.717) is 0 Å². The number of amides is 1. The van der Waals surface area contributed by atoms with Gasteiger partial charge in [0.15, 0.2) is 0 Å². The number of benzene rings is 1. The lowest BCUT2D eigenvalue weighted by Gasteiger charge is -2.32. The van der Waals surface area contributed by atoms with Crippen LogP contribution in [0.1, 0.15) is 22.3 Å². The Balaban J connectivity index is 1.52. The van der Waals surface area contributed by atoms with Gasteiger partial charge in [-0.05, 0) is 37.6 Å². The molecule has 1 amide bonds. The molecule has 3 rings (SSSR count). The maximum absolute atomic E-state index is 12.4. The zero-order valence-electron chi connectivity index (χ0n) is 13.4. The van der Waals surface area contributed by atoms with Gasteiger partial charge in [0.25, 0.3) is 5.91 Å². The molecule has 1 fully saturated rings. The maximum atomic E-state index is 12.4. The van der Waals surface area contributed by atoms with Crippen LogP contribution in [0.2, 0.25) is 0 Å². The number of anilines is 1. The van der Waals surface area contributed by atoms with Gasteiger partial charge in [-0.15, -0.1) is 0 Å². The predicted molar refractivity (Wildman–Crippen MR) is 89.5 cm³/mol. The summed E-state index contributed by atoms with van der Waals surface area (Å²) in [7, 11) is 2.16. The molecule has 1 saturated heterocycles. The minimum absolute atomic E-state index is 0.0645. The summed E-state index contributed by atoms with van der Waals surface area (Å²) in [4.78, 5) is 17.2. The monoisotopic (exact) mass is 302 g/mol. The van der Waals surface area contributed by atoms with Gasteiger partial charge < -0.3 is 15.5 Å². The van der Waals surface area contributed by atoms with Gasteiger partial charge >= 0.3 is 0 Å². The molecular formula is C17H26N4O. The van der Waals surface area contributed by atoms with Crippen LogP contribution in [0.15, 0.2) is 18.2 Å². The molecule has 22 heavy (non-hydrogen) atoms. The molecule has 0 aliphatic carbocycles. The fourth-order valence-corrected chi connectivity index (χ4v) is 3.22. The van der Waals surface area contributed by atoms with E-state index in [9.17, 15) is 4.79 Å². The van der Waals surface area contributed by atoms with Gasteiger partial charge in [-0.1, -0.05) is 6.07 Å². The van der Waals surface area contributed by atoms with E-state index in [1.54, 1.807) is 0 Å². The number of rotatable bonds is 4. The van der Waals surface area contributed by atoms with E-state index in [1.807, 2.05) is 12.1 Å². The Morgan fingerprint density at radius 2 is 2.09 bits per heavy atom. The van der Waals surface area contributed by atoms with Crippen LogP contribution in [0.4, 0.5) is 5.69 Å². The summed E-state index contributed by atoms with van der Waals surface area (Å²) >= 11 is 0. The Bertz CT molecular complexity index is 523. The Kier molecular flexibility index (Phi) is 4.95. The number of piperazine rings is 1. The van der Waals surface area contributed by atoms with Crippen LogP contribution < -0.4 is 10.6 Å². The summed E-state index contributed by atoms with van der Waals surface area (Å²) in [5.41, 5.74) is 3.13. The molecule has 0 saturated carbocycles. The fraction of sp³-hybridized carbons (Fsp3) is 0.588. The number of hydrogen-bond acceptors (Lipinski definition) is 4. The Morgan fingerprint density at radius 3 is 2.91 bits per heavy atom. The van der Waals surface area contributed by atoms with Gasteiger partial charge in [0.2, 0.25) is 0 Å². The summed E-state index contributed by atoms with van der Waals surface area (Å²) in [6.07, 6.45) is 2.09. The van der Waals surface area contributed by atoms with Crippen molar-refractivity contribution in [2.75, 3.05) is 58.2 Å². The second-order valence-corrected chi connectivity index (χ2v) is 6.26. The van der Waals surface area contributed by atoms with Crippen molar-refractivity contribution in [3.63, 3.8) is 0 Å². The molecule has 120 valence electrons. The number of nitrogens with one attached hydrogen (secondary N) is 2. The third-order valence-corrected chi connectivity index (χ3v) is 4.65. The third kappa shape index (κ3) is 3.59. The van der Waals surface area contributed by atoms with Crippen molar-refractivity contribution < 1.29 is 4.79 Å². The molecule has 5 heteroatoms. The fourth-order valence-electron chi connectivity index (χ4n) is 3.22. The van der Waals surface area contributed by atoms with Gasteiger partial charge in [-0.3, -0.25) is 9.69 Å². The van der Waals surface area contributed by atoms with Crippen LogP contribution in [0, 0.1) is 0 Å². The topological polar surface area (TPSA) is 47.6 Å². The molecule has 2 aliphatic rings. The van der Waals surface area contributed by atoms with E-state index in [4.69, 9.17) is 0 Å². The van der Waals surface area contributed by atoms with Crippen molar-refractivity contribution in [2.24, 2.45) is 0 Å². The highest BCUT2D eigenvalue weighted by molar-refractivity contribution is 5.97. The molecule has 0 aromatic heterocycles. The van der Waals surface area contributed by atoms with E-state index >= 15 is 0 Å².